The van der Waals surface area contributed by atoms with Crippen LogP contribution in [0, 0.1) is 0 Å². The number of hydrogen-bond acceptors (Lipinski definition) is 2. The van der Waals surface area contributed by atoms with Gasteiger partial charge in [0.2, 0.25) is 11.9 Å². The van der Waals surface area contributed by atoms with E-state index in [0.717, 1.165) is 12.2 Å². The molecule has 5 N–H and O–H groups in total. The van der Waals surface area contributed by atoms with Crippen molar-refractivity contribution in [1.82, 2.24) is 4.98 Å². The molecule has 1 aliphatic rings. The highest BCUT2D eigenvalue weighted by Crippen LogP contribution is 2.34. The average molecular weight is 338 g/mol. The minimum atomic E-state index is -4.44. The highest BCUT2D eigenvalue weighted by Gasteiger charge is 2.36. The van der Waals surface area contributed by atoms with Crippen molar-refractivity contribution in [2.45, 2.75) is 25.1 Å². The second-order valence-corrected chi connectivity index (χ2v) is 5.39. The lowest BCUT2D eigenvalue weighted by atomic mass is 9.90. The molecule has 0 saturated carbocycles. The van der Waals surface area contributed by atoms with Crippen LogP contribution >= 0.6 is 0 Å². The number of pyridine rings is 1. The monoisotopic (exact) mass is 338 g/mol. The predicted molar refractivity (Wildman–Crippen MR) is 87.4 cm³/mol. The lowest BCUT2D eigenvalue weighted by Gasteiger charge is -2.25. The standard InChI is InChI=1S/C15H17F3N6/c1-14(6-2-4-10(8-14)15(16,17)18)24-13(20)23-12(19)22-11-5-3-7-21-9-11/h2-5,7-9H,6H2,1H3,(H5,19,20,22,23,24). The lowest BCUT2D eigenvalue weighted by molar-refractivity contribution is -0.0890. The summed E-state index contributed by atoms with van der Waals surface area (Å²) in [6, 6.07) is 3.42. The maximum absolute atomic E-state index is 12.8. The van der Waals surface area contributed by atoms with E-state index in [1.807, 2.05) is 0 Å². The summed E-state index contributed by atoms with van der Waals surface area (Å²) in [4.78, 5) is 11.8. The molecule has 1 aromatic heterocycles. The molecule has 24 heavy (non-hydrogen) atoms. The van der Waals surface area contributed by atoms with Gasteiger partial charge in [-0.25, -0.2) is 4.99 Å². The van der Waals surface area contributed by atoms with Crippen LogP contribution in [0.3, 0.4) is 0 Å². The molecule has 2 rings (SSSR count). The van der Waals surface area contributed by atoms with Gasteiger partial charge in [0.1, 0.15) is 0 Å². The Balaban J connectivity index is 2.16. The zero-order valence-electron chi connectivity index (χ0n) is 12.9. The molecule has 0 aromatic carbocycles. The van der Waals surface area contributed by atoms with Crippen LogP contribution in [-0.2, 0) is 0 Å². The maximum Gasteiger partial charge on any atom is 0.416 e. The Hall–Kier alpha value is -2.84. The summed E-state index contributed by atoms with van der Waals surface area (Å²) in [6.45, 7) is 1.54. The fourth-order valence-corrected chi connectivity index (χ4v) is 2.14. The second kappa shape index (κ2) is 6.73. The number of guanidine groups is 2. The van der Waals surface area contributed by atoms with E-state index in [1.165, 1.54) is 19.2 Å². The fraction of sp³-hybridized carbons (Fsp3) is 0.267. The Morgan fingerprint density at radius 1 is 1.38 bits per heavy atom. The fourth-order valence-electron chi connectivity index (χ4n) is 2.14. The molecule has 0 fully saturated rings. The number of hydrogen-bond donors (Lipinski definition) is 3. The van der Waals surface area contributed by atoms with E-state index in [2.05, 4.69) is 20.3 Å². The van der Waals surface area contributed by atoms with E-state index < -0.39 is 17.3 Å². The number of aliphatic imine (C=N–C) groups is 2. The summed E-state index contributed by atoms with van der Waals surface area (Å²) in [7, 11) is 0. The molecule has 0 saturated heterocycles. The first-order chi connectivity index (χ1) is 11.2. The normalized spacial score (nSPS) is 22.2. The molecule has 1 aliphatic carbocycles. The van der Waals surface area contributed by atoms with E-state index in [9.17, 15) is 13.2 Å². The SMILES string of the molecule is CC1(N=C(N)N=C(N)Nc2cccnc2)C=C(C(F)(F)F)C=CC1. The number of rotatable bonds is 2. The van der Waals surface area contributed by atoms with E-state index in [-0.39, 0.29) is 18.3 Å². The smallest absolute Gasteiger partial charge is 0.369 e. The van der Waals surface area contributed by atoms with Crippen molar-refractivity contribution < 1.29 is 13.2 Å². The summed E-state index contributed by atoms with van der Waals surface area (Å²) >= 11 is 0. The maximum atomic E-state index is 12.8. The summed E-state index contributed by atoms with van der Waals surface area (Å²) in [5.74, 6) is -0.265. The van der Waals surface area contributed by atoms with Gasteiger partial charge in [0.15, 0.2) is 0 Å². The minimum Gasteiger partial charge on any atom is -0.369 e. The predicted octanol–water partition coefficient (Wildman–Crippen LogP) is 2.33. The van der Waals surface area contributed by atoms with Gasteiger partial charge >= 0.3 is 6.18 Å². The molecule has 1 atom stereocenters. The quantitative estimate of drug-likeness (QED) is 0.569. The van der Waals surface area contributed by atoms with Gasteiger partial charge in [0.25, 0.3) is 0 Å². The molecule has 0 aliphatic heterocycles. The number of alkyl halides is 3. The zero-order chi connectivity index (χ0) is 17.8. The van der Waals surface area contributed by atoms with Crippen LogP contribution < -0.4 is 16.8 Å². The van der Waals surface area contributed by atoms with Gasteiger partial charge < -0.3 is 16.8 Å². The van der Waals surface area contributed by atoms with E-state index >= 15 is 0 Å². The first-order valence-corrected chi connectivity index (χ1v) is 7.01. The zero-order valence-corrected chi connectivity index (χ0v) is 12.9. The third-order valence-electron chi connectivity index (χ3n) is 3.16. The number of nitrogens with two attached hydrogens (primary N) is 2. The van der Waals surface area contributed by atoms with Crippen LogP contribution in [0.15, 0.2) is 58.3 Å². The van der Waals surface area contributed by atoms with Crippen molar-refractivity contribution in [1.29, 1.82) is 0 Å². The molecule has 1 unspecified atom stereocenters. The van der Waals surface area contributed by atoms with Crippen molar-refractivity contribution in [3.05, 3.63) is 48.3 Å². The number of aromatic nitrogens is 1. The molecule has 1 aromatic rings. The van der Waals surface area contributed by atoms with Crippen molar-refractivity contribution in [2.75, 3.05) is 5.32 Å². The molecule has 0 radical (unpaired) electrons. The first-order valence-electron chi connectivity index (χ1n) is 7.01. The van der Waals surface area contributed by atoms with E-state index in [0.29, 0.717) is 5.69 Å². The van der Waals surface area contributed by atoms with E-state index in [1.54, 1.807) is 18.3 Å². The highest BCUT2D eigenvalue weighted by molar-refractivity contribution is 6.00. The Morgan fingerprint density at radius 2 is 2.12 bits per heavy atom. The largest absolute Gasteiger partial charge is 0.416 e. The van der Waals surface area contributed by atoms with Crippen LogP contribution in [-0.4, -0.2) is 28.6 Å². The van der Waals surface area contributed by atoms with Gasteiger partial charge in [-0.15, -0.1) is 0 Å². The van der Waals surface area contributed by atoms with Gasteiger partial charge in [-0.1, -0.05) is 12.2 Å². The van der Waals surface area contributed by atoms with Crippen LogP contribution in [0.1, 0.15) is 13.3 Å². The average Bonchev–Trinajstić information content (AvgIpc) is 2.46. The third-order valence-corrected chi connectivity index (χ3v) is 3.16. The molecule has 1 heterocycles. The molecular formula is C15H17F3N6. The molecular weight excluding hydrogens is 321 g/mol. The number of allylic oxidation sites excluding steroid dienone is 2. The van der Waals surface area contributed by atoms with Gasteiger partial charge in [-0.2, -0.15) is 18.2 Å². The second-order valence-electron chi connectivity index (χ2n) is 5.39. The molecule has 9 heteroatoms. The van der Waals surface area contributed by atoms with Gasteiger partial charge in [0.05, 0.1) is 23.0 Å². The Bertz CT molecular complexity index is 706. The van der Waals surface area contributed by atoms with Crippen LogP contribution in [0.5, 0.6) is 0 Å². The molecule has 0 amide bonds. The number of halogens is 3. The van der Waals surface area contributed by atoms with E-state index in [4.69, 9.17) is 11.5 Å². The van der Waals surface area contributed by atoms with Crippen LogP contribution in [0.25, 0.3) is 0 Å². The summed E-state index contributed by atoms with van der Waals surface area (Å²) in [5, 5.41) is 2.75. The summed E-state index contributed by atoms with van der Waals surface area (Å²) < 4.78 is 38.4. The molecule has 0 spiro atoms. The van der Waals surface area contributed by atoms with Crippen LogP contribution in [0.2, 0.25) is 0 Å². The van der Waals surface area contributed by atoms with Crippen LogP contribution in [0.4, 0.5) is 18.9 Å². The third kappa shape index (κ3) is 4.83. The summed E-state index contributed by atoms with van der Waals surface area (Å²) in [6.07, 6.45) is 2.42. The highest BCUT2D eigenvalue weighted by atomic mass is 19.4. The molecule has 128 valence electrons. The van der Waals surface area contributed by atoms with Gasteiger partial charge in [0, 0.05) is 6.20 Å². The van der Waals surface area contributed by atoms with Crippen molar-refractivity contribution in [3.8, 4) is 0 Å². The lowest BCUT2D eigenvalue weighted by Crippen LogP contribution is -2.30. The topological polar surface area (TPSA) is 102 Å². The molecule has 0 bridgehead atoms. The minimum absolute atomic E-state index is 0.0424. The van der Waals surface area contributed by atoms with Gasteiger partial charge in [-0.05, 0) is 31.6 Å². The van der Waals surface area contributed by atoms with Crippen molar-refractivity contribution >= 4 is 17.6 Å². The number of nitrogens with zero attached hydrogens (tertiary/aromatic N) is 3. The molecule has 6 nitrogen and oxygen atoms in total. The van der Waals surface area contributed by atoms with Crippen molar-refractivity contribution in [2.24, 2.45) is 21.5 Å². The number of nitrogens with one attached hydrogen (secondary N) is 1. The Labute approximate surface area is 136 Å². The summed E-state index contributed by atoms with van der Waals surface area (Å²) in [5.41, 5.74) is 10.1. The number of anilines is 1. The van der Waals surface area contributed by atoms with Gasteiger partial charge in [-0.3, -0.25) is 4.98 Å². The first kappa shape index (κ1) is 17.5. The Morgan fingerprint density at radius 3 is 2.75 bits per heavy atom. The Kier molecular flexibility index (Phi) is 4.91. The van der Waals surface area contributed by atoms with Crippen molar-refractivity contribution in [3.63, 3.8) is 0 Å².